The molecular formula is C23H25F3N6O. The number of pyridine rings is 1. The van der Waals surface area contributed by atoms with E-state index in [2.05, 4.69) is 22.1 Å². The molecule has 1 aliphatic rings. The standard InChI is InChI=1S/C23H25F3N6O/c1-33-17-5-6-18-14(9-17)3-2-4-16(18)11-32-12-20(30-13-32)19-10-15(7-8-29-19)21(27)22(31-28)23(24,25)26/h5-10,12-13,16,31H,2-4,11,27-28H2,1H3/b22-21-. The van der Waals surface area contributed by atoms with E-state index in [4.69, 9.17) is 16.3 Å². The van der Waals surface area contributed by atoms with Gasteiger partial charge in [-0.15, -0.1) is 0 Å². The van der Waals surface area contributed by atoms with Gasteiger partial charge in [0.15, 0.2) is 5.70 Å². The second-order valence-electron chi connectivity index (χ2n) is 7.97. The van der Waals surface area contributed by atoms with Crippen LogP contribution in [-0.4, -0.2) is 27.8 Å². The van der Waals surface area contributed by atoms with Gasteiger partial charge >= 0.3 is 6.18 Å². The molecule has 0 fully saturated rings. The van der Waals surface area contributed by atoms with E-state index < -0.39 is 17.6 Å². The molecule has 0 radical (unpaired) electrons. The highest BCUT2D eigenvalue weighted by Gasteiger charge is 2.36. The number of nitrogens with zero attached hydrogens (tertiary/aromatic N) is 3. The lowest BCUT2D eigenvalue weighted by molar-refractivity contribution is -0.0961. The first-order chi connectivity index (χ1) is 15.8. The number of hydrazine groups is 1. The maximum absolute atomic E-state index is 13.1. The Morgan fingerprint density at radius 2 is 2.03 bits per heavy atom. The van der Waals surface area contributed by atoms with Crippen molar-refractivity contribution >= 4 is 5.70 Å². The monoisotopic (exact) mass is 458 g/mol. The molecule has 2 aromatic heterocycles. The summed E-state index contributed by atoms with van der Waals surface area (Å²) < 4.78 is 46.7. The van der Waals surface area contributed by atoms with E-state index in [0.29, 0.717) is 17.3 Å². The number of benzene rings is 1. The van der Waals surface area contributed by atoms with Crippen molar-refractivity contribution in [2.45, 2.75) is 37.9 Å². The van der Waals surface area contributed by atoms with Crippen molar-refractivity contribution in [1.82, 2.24) is 20.0 Å². The fourth-order valence-corrected chi connectivity index (χ4v) is 4.25. The molecule has 7 nitrogen and oxygen atoms in total. The van der Waals surface area contributed by atoms with Crippen molar-refractivity contribution in [3.8, 4) is 17.1 Å². The number of halogens is 3. The van der Waals surface area contributed by atoms with Crippen LogP contribution in [0.3, 0.4) is 0 Å². The molecule has 1 unspecified atom stereocenters. The normalized spacial score (nSPS) is 16.7. The summed E-state index contributed by atoms with van der Waals surface area (Å²) in [5.74, 6) is 6.24. The topological polar surface area (TPSA) is 104 Å². The fourth-order valence-electron chi connectivity index (χ4n) is 4.25. The Balaban J connectivity index is 1.57. The first kappa shape index (κ1) is 22.7. The van der Waals surface area contributed by atoms with Crippen LogP contribution in [0.4, 0.5) is 13.2 Å². The number of hydrogen-bond donors (Lipinski definition) is 3. The number of allylic oxidation sites excluding steroid dienone is 1. The zero-order valence-electron chi connectivity index (χ0n) is 18.1. The number of ether oxygens (including phenoxy) is 1. The van der Waals surface area contributed by atoms with E-state index in [1.807, 2.05) is 16.8 Å². The molecule has 0 bridgehead atoms. The van der Waals surface area contributed by atoms with Crippen molar-refractivity contribution in [2.24, 2.45) is 11.6 Å². The Morgan fingerprint density at radius 3 is 2.76 bits per heavy atom. The Bertz CT molecular complexity index is 1170. The summed E-state index contributed by atoms with van der Waals surface area (Å²) in [6.07, 6.45) is 3.43. The van der Waals surface area contributed by atoms with Crippen molar-refractivity contribution in [1.29, 1.82) is 0 Å². The third-order valence-corrected chi connectivity index (χ3v) is 5.88. The average molecular weight is 458 g/mol. The molecular weight excluding hydrogens is 433 g/mol. The second-order valence-corrected chi connectivity index (χ2v) is 7.97. The summed E-state index contributed by atoms with van der Waals surface area (Å²) in [5, 5.41) is 0. The number of fused-ring (bicyclic) bond motifs is 1. The van der Waals surface area contributed by atoms with Crippen LogP contribution in [0.5, 0.6) is 5.75 Å². The molecule has 0 aliphatic heterocycles. The lowest BCUT2D eigenvalue weighted by Crippen LogP contribution is -2.34. The molecule has 0 saturated carbocycles. The Labute approximate surface area is 189 Å². The molecule has 2 heterocycles. The number of nitrogens with two attached hydrogens (primary N) is 2. The van der Waals surface area contributed by atoms with Crippen molar-refractivity contribution in [3.05, 3.63) is 71.4 Å². The molecule has 4 rings (SSSR count). The number of rotatable bonds is 6. The van der Waals surface area contributed by atoms with Crippen molar-refractivity contribution in [2.75, 3.05) is 7.11 Å². The van der Waals surface area contributed by atoms with Gasteiger partial charge in [0.1, 0.15) is 11.4 Å². The van der Waals surface area contributed by atoms with E-state index in [1.165, 1.54) is 29.5 Å². The van der Waals surface area contributed by atoms with Gasteiger partial charge in [0.2, 0.25) is 0 Å². The summed E-state index contributed by atoms with van der Waals surface area (Å²) >= 11 is 0. The molecule has 0 saturated heterocycles. The highest BCUT2D eigenvalue weighted by Crippen LogP contribution is 2.35. The minimum Gasteiger partial charge on any atom is -0.497 e. The number of aryl methyl sites for hydroxylation is 1. The predicted molar refractivity (Wildman–Crippen MR) is 119 cm³/mol. The van der Waals surface area contributed by atoms with E-state index in [1.54, 1.807) is 18.9 Å². The first-order valence-electron chi connectivity index (χ1n) is 10.5. The Hall–Kier alpha value is -3.53. The Kier molecular flexibility index (Phi) is 6.28. The van der Waals surface area contributed by atoms with E-state index >= 15 is 0 Å². The number of imidazole rings is 1. The fraction of sp³-hybridized carbons (Fsp3) is 0.304. The highest BCUT2D eigenvalue weighted by molar-refractivity contribution is 5.69. The minimum absolute atomic E-state index is 0.148. The largest absolute Gasteiger partial charge is 0.497 e. The van der Waals surface area contributed by atoms with Gasteiger partial charge in [0, 0.05) is 30.4 Å². The maximum Gasteiger partial charge on any atom is 0.434 e. The summed E-state index contributed by atoms with van der Waals surface area (Å²) in [4.78, 5) is 8.66. The van der Waals surface area contributed by atoms with Crippen LogP contribution in [-0.2, 0) is 13.0 Å². The predicted octanol–water partition coefficient (Wildman–Crippen LogP) is 3.73. The van der Waals surface area contributed by atoms with Gasteiger partial charge < -0.3 is 20.5 Å². The van der Waals surface area contributed by atoms with Crippen LogP contribution in [0.25, 0.3) is 17.1 Å². The molecule has 1 aliphatic carbocycles. The molecule has 5 N–H and O–H groups in total. The molecule has 33 heavy (non-hydrogen) atoms. The van der Waals surface area contributed by atoms with E-state index in [9.17, 15) is 13.2 Å². The summed E-state index contributed by atoms with van der Waals surface area (Å²) in [5.41, 5.74) is 9.38. The van der Waals surface area contributed by atoms with Gasteiger partial charge in [0.25, 0.3) is 0 Å². The lowest BCUT2D eigenvalue weighted by Gasteiger charge is -2.26. The molecule has 0 amide bonds. The third kappa shape index (κ3) is 4.80. The van der Waals surface area contributed by atoms with Crippen LogP contribution >= 0.6 is 0 Å². The average Bonchev–Trinajstić information content (AvgIpc) is 3.27. The molecule has 0 spiro atoms. The zero-order valence-corrected chi connectivity index (χ0v) is 18.1. The molecule has 1 atom stereocenters. The molecule has 3 aromatic rings. The van der Waals surface area contributed by atoms with Gasteiger partial charge in [0.05, 0.1) is 24.8 Å². The summed E-state index contributed by atoms with van der Waals surface area (Å²) in [6.45, 7) is 0.739. The number of aromatic nitrogens is 3. The third-order valence-electron chi connectivity index (χ3n) is 5.88. The van der Waals surface area contributed by atoms with Gasteiger partial charge in [-0.3, -0.25) is 10.8 Å². The zero-order chi connectivity index (χ0) is 23.6. The van der Waals surface area contributed by atoms with Crippen LogP contribution in [0.15, 0.2) is 54.7 Å². The molecule has 10 heteroatoms. The number of methoxy groups -OCH3 is 1. The minimum atomic E-state index is -4.70. The Morgan fingerprint density at radius 1 is 1.21 bits per heavy atom. The molecule has 174 valence electrons. The highest BCUT2D eigenvalue weighted by atomic mass is 19.4. The van der Waals surface area contributed by atoms with E-state index in [-0.39, 0.29) is 5.56 Å². The second kappa shape index (κ2) is 9.14. The quantitative estimate of drug-likeness (QED) is 0.384. The van der Waals surface area contributed by atoms with Gasteiger partial charge in [-0.1, -0.05) is 6.07 Å². The summed E-state index contributed by atoms with van der Waals surface area (Å²) in [6, 6.07) is 9.06. The van der Waals surface area contributed by atoms with Gasteiger partial charge in [-0.2, -0.15) is 13.2 Å². The number of nitrogens with one attached hydrogen (secondary N) is 1. The smallest absolute Gasteiger partial charge is 0.434 e. The van der Waals surface area contributed by atoms with Crippen LogP contribution in [0.2, 0.25) is 0 Å². The van der Waals surface area contributed by atoms with Crippen molar-refractivity contribution < 1.29 is 17.9 Å². The van der Waals surface area contributed by atoms with Crippen LogP contribution in [0, 0.1) is 0 Å². The van der Waals surface area contributed by atoms with Crippen LogP contribution in [0.1, 0.15) is 35.4 Å². The first-order valence-corrected chi connectivity index (χ1v) is 10.5. The SMILES string of the molecule is COc1ccc2c(c1)CCCC2Cn1cnc(-c2cc(/C(N)=C(/NN)C(F)(F)F)ccn2)c1. The number of hydrogen-bond acceptors (Lipinski definition) is 6. The van der Waals surface area contributed by atoms with E-state index in [0.717, 1.165) is 31.6 Å². The molecule has 1 aromatic carbocycles. The maximum atomic E-state index is 13.1. The van der Waals surface area contributed by atoms with Crippen LogP contribution < -0.4 is 21.7 Å². The lowest BCUT2D eigenvalue weighted by atomic mass is 9.82. The number of alkyl halides is 3. The summed E-state index contributed by atoms with van der Waals surface area (Å²) in [7, 11) is 1.66. The van der Waals surface area contributed by atoms with Gasteiger partial charge in [-0.05, 0) is 54.7 Å². The van der Waals surface area contributed by atoms with Gasteiger partial charge in [-0.25, -0.2) is 4.98 Å². The van der Waals surface area contributed by atoms with Crippen molar-refractivity contribution in [3.63, 3.8) is 0 Å².